The van der Waals surface area contributed by atoms with Crippen molar-refractivity contribution in [3.8, 4) is 22.9 Å². The fourth-order valence-corrected chi connectivity index (χ4v) is 6.71. The van der Waals surface area contributed by atoms with Gasteiger partial charge in [-0.05, 0) is 50.0 Å². The number of imidazole rings is 1. The summed E-state index contributed by atoms with van der Waals surface area (Å²) >= 11 is 6.38. The minimum atomic E-state index is -0.669. The molecule has 7 rings (SSSR count). The summed E-state index contributed by atoms with van der Waals surface area (Å²) < 4.78 is 13.2. The Hall–Kier alpha value is -3.31. The molecule has 204 valence electrons. The number of rotatable bonds is 5. The predicted molar refractivity (Wildman–Crippen MR) is 146 cm³/mol. The molecule has 5 heterocycles. The molecular formula is C27H31ClN8O3. The lowest BCUT2D eigenvalue weighted by Gasteiger charge is -2.39. The number of hydrogen-bond donors (Lipinski definition) is 1. The summed E-state index contributed by atoms with van der Waals surface area (Å²) in [6.07, 6.45) is 11.7. The van der Waals surface area contributed by atoms with Gasteiger partial charge in [-0.25, -0.2) is 14.8 Å². The Morgan fingerprint density at radius 3 is 2.77 bits per heavy atom. The number of aromatic nitrogens is 7. The molecule has 0 radical (unpaired) electrons. The zero-order chi connectivity index (χ0) is 26.5. The molecule has 3 fully saturated rings. The highest BCUT2D eigenvalue weighted by Gasteiger charge is 2.39. The lowest BCUT2D eigenvalue weighted by atomic mass is 9.83. The molecule has 4 aromatic heterocycles. The maximum Gasteiger partial charge on any atom is 0.439 e. The molecule has 12 heteroatoms. The normalized spacial score (nSPS) is 25.3. The van der Waals surface area contributed by atoms with Crippen LogP contribution in [0.15, 0.2) is 27.8 Å². The third kappa shape index (κ3) is 4.61. The van der Waals surface area contributed by atoms with E-state index >= 15 is 0 Å². The monoisotopic (exact) mass is 550 g/mol. The molecule has 4 aromatic rings. The Labute approximate surface area is 230 Å². The summed E-state index contributed by atoms with van der Waals surface area (Å²) in [5.74, 6) is 1.92. The van der Waals surface area contributed by atoms with Crippen molar-refractivity contribution in [3.63, 3.8) is 0 Å². The number of pyridine rings is 1. The Kier molecular flexibility index (Phi) is 6.35. The van der Waals surface area contributed by atoms with Crippen molar-refractivity contribution >= 4 is 28.7 Å². The van der Waals surface area contributed by atoms with Gasteiger partial charge in [-0.2, -0.15) is 4.98 Å². The third-order valence-corrected chi connectivity index (χ3v) is 8.74. The fourth-order valence-electron chi connectivity index (χ4n) is 6.54. The summed E-state index contributed by atoms with van der Waals surface area (Å²) in [5.41, 5.74) is 2.77. The molecule has 11 nitrogen and oxygen atoms in total. The zero-order valence-corrected chi connectivity index (χ0v) is 22.6. The summed E-state index contributed by atoms with van der Waals surface area (Å²) in [5, 5.41) is 4.34. The highest BCUT2D eigenvalue weighted by molar-refractivity contribution is 6.30. The number of anilines is 1. The van der Waals surface area contributed by atoms with E-state index in [2.05, 4.69) is 31.5 Å². The molecule has 1 N–H and O–H groups in total. The SMILES string of the molecule is CC1CCC(Cn2c(N3CCO[C@H]4CCC[C@@H]43)nc3nc(-c4noc(=O)[nH]4)nc(-c4cncc(Cl)c4)c32)CC1. The largest absolute Gasteiger partial charge is 0.439 e. The molecule has 0 amide bonds. The van der Waals surface area contributed by atoms with Gasteiger partial charge >= 0.3 is 5.76 Å². The van der Waals surface area contributed by atoms with Crippen molar-refractivity contribution < 1.29 is 9.26 Å². The number of fused-ring (bicyclic) bond motifs is 2. The van der Waals surface area contributed by atoms with Gasteiger partial charge in [0.1, 0.15) is 11.2 Å². The molecule has 1 saturated heterocycles. The van der Waals surface area contributed by atoms with E-state index in [1.165, 1.54) is 25.7 Å². The molecular weight excluding hydrogens is 520 g/mol. The highest BCUT2D eigenvalue weighted by atomic mass is 35.5. The molecule has 0 bridgehead atoms. The van der Waals surface area contributed by atoms with Gasteiger partial charge in [-0.15, -0.1) is 0 Å². The standard InChI is InChI=1S/C27H31ClN8O3/c1-15-5-7-16(8-6-15)14-36-22-21(17-11-18(28)13-29-12-17)30-24(25-33-27(37)39-34-25)31-23(22)32-26(36)35-9-10-38-20-4-2-3-19(20)35/h11-13,15-16,19-20H,2-10,14H2,1H3,(H,33,34,37)/t15?,16?,19-,20-/m0/s1. The van der Waals surface area contributed by atoms with Crippen LogP contribution < -0.4 is 10.7 Å². The molecule has 3 aliphatic rings. The molecule has 39 heavy (non-hydrogen) atoms. The van der Waals surface area contributed by atoms with E-state index in [-0.39, 0.29) is 23.8 Å². The second kappa shape index (κ2) is 10.0. The summed E-state index contributed by atoms with van der Waals surface area (Å²) in [7, 11) is 0. The number of morpholine rings is 1. The van der Waals surface area contributed by atoms with Gasteiger partial charge in [0.25, 0.3) is 0 Å². The number of aromatic amines is 1. The van der Waals surface area contributed by atoms with Crippen LogP contribution in [0.1, 0.15) is 51.9 Å². The van der Waals surface area contributed by atoms with Crippen molar-refractivity contribution in [3.05, 3.63) is 34.0 Å². The second-order valence-corrected chi connectivity index (χ2v) is 11.6. The number of H-pyrrole nitrogens is 1. The number of nitrogens with one attached hydrogen (secondary N) is 1. The predicted octanol–water partition coefficient (Wildman–Crippen LogP) is 4.47. The van der Waals surface area contributed by atoms with E-state index in [0.29, 0.717) is 28.9 Å². The van der Waals surface area contributed by atoms with Gasteiger partial charge in [-0.3, -0.25) is 14.5 Å². The average Bonchev–Trinajstić information content (AvgIpc) is 3.68. The zero-order valence-electron chi connectivity index (χ0n) is 21.8. The van der Waals surface area contributed by atoms with Crippen molar-refractivity contribution in [2.24, 2.45) is 11.8 Å². The number of ether oxygens (including phenoxy) is 1. The number of nitrogens with zero attached hydrogens (tertiary/aromatic N) is 7. The first-order valence-corrected chi connectivity index (χ1v) is 14.2. The van der Waals surface area contributed by atoms with Gasteiger partial charge in [-0.1, -0.05) is 36.5 Å². The van der Waals surface area contributed by atoms with Crippen LogP contribution in [0.3, 0.4) is 0 Å². The van der Waals surface area contributed by atoms with Crippen LogP contribution in [-0.2, 0) is 11.3 Å². The molecule has 0 unspecified atom stereocenters. The van der Waals surface area contributed by atoms with Crippen molar-refractivity contribution in [1.82, 2.24) is 34.6 Å². The van der Waals surface area contributed by atoms with E-state index in [1.807, 2.05) is 6.07 Å². The second-order valence-electron chi connectivity index (χ2n) is 11.2. The highest BCUT2D eigenvalue weighted by Crippen LogP contribution is 2.39. The summed E-state index contributed by atoms with van der Waals surface area (Å²) in [6, 6.07) is 2.13. The van der Waals surface area contributed by atoms with E-state index in [4.69, 9.17) is 35.8 Å². The molecule has 0 aromatic carbocycles. The quantitative estimate of drug-likeness (QED) is 0.382. The van der Waals surface area contributed by atoms with Crippen LogP contribution in [0.2, 0.25) is 5.02 Å². The van der Waals surface area contributed by atoms with Crippen LogP contribution >= 0.6 is 11.6 Å². The maximum atomic E-state index is 11.7. The Morgan fingerprint density at radius 2 is 1.97 bits per heavy atom. The van der Waals surface area contributed by atoms with Crippen molar-refractivity contribution in [1.29, 1.82) is 0 Å². The van der Waals surface area contributed by atoms with Crippen LogP contribution in [0.25, 0.3) is 34.1 Å². The first-order chi connectivity index (χ1) is 19.0. The van der Waals surface area contributed by atoms with E-state index < -0.39 is 5.76 Å². The van der Waals surface area contributed by atoms with Crippen LogP contribution in [0, 0.1) is 11.8 Å². The Balaban J connectivity index is 1.44. The van der Waals surface area contributed by atoms with Crippen molar-refractivity contribution in [2.45, 2.75) is 70.6 Å². The maximum absolute atomic E-state index is 11.7. The number of halogens is 1. The topological polar surface area (TPSA) is 128 Å². The Bertz CT molecular complexity index is 1560. The summed E-state index contributed by atoms with van der Waals surface area (Å²) in [4.78, 5) is 35.9. The Morgan fingerprint density at radius 1 is 1.10 bits per heavy atom. The molecule has 2 saturated carbocycles. The van der Waals surface area contributed by atoms with Crippen LogP contribution in [0.5, 0.6) is 0 Å². The molecule has 2 aliphatic carbocycles. The minimum absolute atomic E-state index is 0.151. The molecule has 1 aliphatic heterocycles. The average molecular weight is 551 g/mol. The van der Waals surface area contributed by atoms with Gasteiger partial charge in [0.15, 0.2) is 5.65 Å². The first kappa shape index (κ1) is 24.7. The van der Waals surface area contributed by atoms with Gasteiger partial charge in [0.2, 0.25) is 17.6 Å². The van der Waals surface area contributed by atoms with Gasteiger partial charge < -0.3 is 14.2 Å². The lowest BCUT2D eigenvalue weighted by Crippen LogP contribution is -2.49. The van der Waals surface area contributed by atoms with Gasteiger partial charge in [0, 0.05) is 31.0 Å². The summed E-state index contributed by atoms with van der Waals surface area (Å²) in [6.45, 7) is 4.62. The van der Waals surface area contributed by atoms with Crippen LogP contribution in [0.4, 0.5) is 5.95 Å². The van der Waals surface area contributed by atoms with Crippen molar-refractivity contribution in [2.75, 3.05) is 18.1 Å². The van der Waals surface area contributed by atoms with E-state index in [9.17, 15) is 4.79 Å². The smallest absolute Gasteiger partial charge is 0.374 e. The van der Waals surface area contributed by atoms with Gasteiger partial charge in [0.05, 0.1) is 23.8 Å². The first-order valence-electron chi connectivity index (χ1n) is 13.9. The van der Waals surface area contributed by atoms with Crippen LogP contribution in [-0.4, -0.2) is 59.9 Å². The minimum Gasteiger partial charge on any atom is -0.374 e. The number of hydrogen-bond acceptors (Lipinski definition) is 9. The van der Waals surface area contributed by atoms with E-state index in [0.717, 1.165) is 55.3 Å². The fraction of sp³-hybridized carbons (Fsp3) is 0.556. The molecule has 0 spiro atoms. The third-order valence-electron chi connectivity index (χ3n) is 8.53. The lowest BCUT2D eigenvalue weighted by molar-refractivity contribution is 0.0247. The molecule has 2 atom stereocenters. The van der Waals surface area contributed by atoms with E-state index in [1.54, 1.807) is 12.4 Å².